The van der Waals surface area contributed by atoms with E-state index >= 15 is 0 Å². The van der Waals surface area contributed by atoms with Crippen molar-refractivity contribution in [2.24, 2.45) is 0 Å². The molecule has 1 atom stereocenters. The highest BCUT2D eigenvalue weighted by Gasteiger charge is 2.29. The highest BCUT2D eigenvalue weighted by atomic mass is 35.5. The van der Waals surface area contributed by atoms with Gasteiger partial charge in [-0.25, -0.2) is 0 Å². The summed E-state index contributed by atoms with van der Waals surface area (Å²) in [7, 11) is 0. The molecule has 2 aliphatic heterocycles. The van der Waals surface area contributed by atoms with Gasteiger partial charge in [0, 0.05) is 44.2 Å². The molecule has 3 amide bonds. The van der Waals surface area contributed by atoms with E-state index in [-0.39, 0.29) is 30.6 Å². The first-order valence-electron chi connectivity index (χ1n) is 10.5. The first-order valence-corrected chi connectivity index (χ1v) is 10.8. The van der Waals surface area contributed by atoms with E-state index in [1.54, 1.807) is 24.3 Å². The van der Waals surface area contributed by atoms with Crippen molar-refractivity contribution in [3.63, 3.8) is 0 Å². The summed E-state index contributed by atoms with van der Waals surface area (Å²) in [5, 5.41) is 6.27. The lowest BCUT2D eigenvalue weighted by Crippen LogP contribution is -2.49. The van der Waals surface area contributed by atoms with Crippen molar-refractivity contribution >= 4 is 35.0 Å². The van der Waals surface area contributed by atoms with E-state index in [4.69, 9.17) is 11.6 Å². The Morgan fingerprint density at radius 2 is 1.71 bits per heavy atom. The topological polar surface area (TPSA) is 81.8 Å². The molecule has 7 nitrogen and oxygen atoms in total. The molecule has 2 aliphatic rings. The van der Waals surface area contributed by atoms with Gasteiger partial charge in [0.2, 0.25) is 11.8 Å². The summed E-state index contributed by atoms with van der Waals surface area (Å²) in [6, 6.07) is 13.9. The van der Waals surface area contributed by atoms with Crippen molar-refractivity contribution in [3.05, 3.63) is 64.7 Å². The zero-order chi connectivity index (χ0) is 21.8. The van der Waals surface area contributed by atoms with Crippen LogP contribution in [0.4, 0.5) is 5.69 Å². The summed E-state index contributed by atoms with van der Waals surface area (Å²) in [5.74, 6) is -0.601. The molecule has 2 aromatic carbocycles. The molecule has 4 rings (SSSR count). The maximum Gasteiger partial charge on any atom is 0.254 e. The normalized spacial score (nSPS) is 19.3. The number of halogens is 1. The Labute approximate surface area is 186 Å². The van der Waals surface area contributed by atoms with Crippen LogP contribution < -0.4 is 10.6 Å². The molecule has 162 valence electrons. The second kappa shape index (κ2) is 9.49. The van der Waals surface area contributed by atoms with Crippen LogP contribution in [0.2, 0.25) is 5.02 Å². The molecule has 1 saturated heterocycles. The fourth-order valence-corrected chi connectivity index (χ4v) is 4.16. The molecule has 2 aromatic rings. The number of fused-ring (bicyclic) bond motifs is 1. The van der Waals surface area contributed by atoms with Crippen molar-refractivity contribution in [2.45, 2.75) is 25.4 Å². The molecule has 0 aromatic heterocycles. The van der Waals surface area contributed by atoms with Crippen molar-refractivity contribution in [3.8, 4) is 0 Å². The van der Waals surface area contributed by atoms with Gasteiger partial charge in [0.05, 0.1) is 11.3 Å². The van der Waals surface area contributed by atoms with Gasteiger partial charge in [0.25, 0.3) is 5.91 Å². The second-order valence-corrected chi connectivity index (χ2v) is 8.26. The Morgan fingerprint density at radius 3 is 2.48 bits per heavy atom. The van der Waals surface area contributed by atoms with Crippen molar-refractivity contribution in [1.82, 2.24) is 15.1 Å². The van der Waals surface area contributed by atoms with Crippen LogP contribution in [-0.4, -0.2) is 59.7 Å². The molecule has 1 fully saturated rings. The lowest BCUT2D eigenvalue weighted by Gasteiger charge is -2.35. The quantitative estimate of drug-likeness (QED) is 0.748. The Hall–Kier alpha value is -2.90. The van der Waals surface area contributed by atoms with E-state index < -0.39 is 6.04 Å². The van der Waals surface area contributed by atoms with Gasteiger partial charge in [-0.2, -0.15) is 0 Å². The molecular formula is C23H25ClN4O3. The number of para-hydroxylation sites is 1. The highest BCUT2D eigenvalue weighted by molar-refractivity contribution is 6.31. The average molecular weight is 441 g/mol. The standard InChI is InChI=1S/C23H25ClN4O3/c24-18-7-3-1-5-16(18)15-27-11-13-28(14-12-27)21(29)10-9-20-23(31)25-19-8-4-2-6-17(19)22(30)26-20/h1-8,20H,9-15H2,(H,25,31)(H,26,30)/t20-/m1/s1. The minimum atomic E-state index is -0.731. The third kappa shape index (κ3) is 5.06. The molecule has 31 heavy (non-hydrogen) atoms. The molecule has 2 N–H and O–H groups in total. The van der Waals surface area contributed by atoms with Crippen LogP contribution in [0.5, 0.6) is 0 Å². The monoisotopic (exact) mass is 440 g/mol. The Kier molecular flexibility index (Phi) is 6.53. The summed E-state index contributed by atoms with van der Waals surface area (Å²) in [4.78, 5) is 41.7. The van der Waals surface area contributed by atoms with Gasteiger partial charge in [-0.3, -0.25) is 19.3 Å². The van der Waals surface area contributed by atoms with Crippen LogP contribution in [0.3, 0.4) is 0 Å². The maximum atomic E-state index is 12.7. The Balaban J connectivity index is 1.26. The third-order valence-electron chi connectivity index (χ3n) is 5.78. The van der Waals surface area contributed by atoms with E-state index in [1.165, 1.54) is 0 Å². The van der Waals surface area contributed by atoms with E-state index in [0.29, 0.717) is 24.3 Å². The first kappa shape index (κ1) is 21.3. The average Bonchev–Trinajstić information content (AvgIpc) is 2.90. The number of rotatable bonds is 5. The van der Waals surface area contributed by atoms with Crippen molar-refractivity contribution in [1.29, 1.82) is 0 Å². The van der Waals surface area contributed by atoms with Gasteiger partial charge in [-0.05, 0) is 30.2 Å². The van der Waals surface area contributed by atoms with Gasteiger partial charge in [-0.1, -0.05) is 41.9 Å². The number of nitrogens with zero attached hydrogens (tertiary/aromatic N) is 2. The van der Waals surface area contributed by atoms with Crippen LogP contribution in [0, 0.1) is 0 Å². The lowest BCUT2D eigenvalue weighted by atomic mass is 10.1. The largest absolute Gasteiger partial charge is 0.340 e. The molecule has 0 radical (unpaired) electrons. The van der Waals surface area contributed by atoms with Gasteiger partial charge >= 0.3 is 0 Å². The third-order valence-corrected chi connectivity index (χ3v) is 6.14. The van der Waals surface area contributed by atoms with Crippen LogP contribution >= 0.6 is 11.6 Å². The van der Waals surface area contributed by atoms with Gasteiger partial charge < -0.3 is 15.5 Å². The van der Waals surface area contributed by atoms with Crippen LogP contribution in [0.1, 0.15) is 28.8 Å². The van der Waals surface area contributed by atoms with E-state index in [1.807, 2.05) is 29.2 Å². The number of piperazine rings is 1. The summed E-state index contributed by atoms with van der Waals surface area (Å²) >= 11 is 6.25. The van der Waals surface area contributed by atoms with Crippen molar-refractivity contribution < 1.29 is 14.4 Å². The summed E-state index contributed by atoms with van der Waals surface area (Å²) < 4.78 is 0. The van der Waals surface area contributed by atoms with Crippen LogP contribution in [0.25, 0.3) is 0 Å². The van der Waals surface area contributed by atoms with E-state index in [2.05, 4.69) is 15.5 Å². The summed E-state index contributed by atoms with van der Waals surface area (Å²) in [6.45, 7) is 3.58. The minimum Gasteiger partial charge on any atom is -0.340 e. The predicted molar refractivity (Wildman–Crippen MR) is 119 cm³/mol. The van der Waals surface area contributed by atoms with E-state index in [9.17, 15) is 14.4 Å². The van der Waals surface area contributed by atoms with Gasteiger partial charge in [-0.15, -0.1) is 0 Å². The molecular weight excluding hydrogens is 416 g/mol. The van der Waals surface area contributed by atoms with Crippen molar-refractivity contribution in [2.75, 3.05) is 31.5 Å². The zero-order valence-corrected chi connectivity index (χ0v) is 17.9. The highest BCUT2D eigenvalue weighted by Crippen LogP contribution is 2.20. The molecule has 0 saturated carbocycles. The van der Waals surface area contributed by atoms with Crippen LogP contribution in [-0.2, 0) is 16.1 Å². The SMILES string of the molecule is O=C1N[C@H](CCC(=O)N2CCN(Cc3ccccc3Cl)CC2)C(=O)Nc2ccccc21. The molecule has 0 bridgehead atoms. The fraction of sp³-hybridized carbons (Fsp3) is 0.348. The zero-order valence-electron chi connectivity index (χ0n) is 17.1. The number of hydrogen-bond acceptors (Lipinski definition) is 4. The summed E-state index contributed by atoms with van der Waals surface area (Å²) in [5.41, 5.74) is 2.01. The number of hydrogen-bond donors (Lipinski definition) is 2. The first-order chi connectivity index (χ1) is 15.0. The Morgan fingerprint density at radius 1 is 1.00 bits per heavy atom. The maximum absolute atomic E-state index is 12.7. The van der Waals surface area contributed by atoms with Gasteiger partial charge in [0.15, 0.2) is 0 Å². The molecule has 0 aliphatic carbocycles. The van der Waals surface area contributed by atoms with Gasteiger partial charge in [0.1, 0.15) is 6.04 Å². The Bertz CT molecular complexity index is 988. The number of carbonyl (C=O) groups is 3. The predicted octanol–water partition coefficient (Wildman–Crippen LogP) is 2.52. The van der Waals surface area contributed by atoms with E-state index in [0.717, 1.165) is 30.2 Å². The number of amides is 3. The summed E-state index contributed by atoms with van der Waals surface area (Å²) in [6.07, 6.45) is 0.476. The lowest BCUT2D eigenvalue weighted by molar-refractivity contribution is -0.133. The van der Waals surface area contributed by atoms with Crippen LogP contribution in [0.15, 0.2) is 48.5 Å². The fourth-order valence-electron chi connectivity index (χ4n) is 3.96. The molecule has 0 unspecified atom stereocenters. The second-order valence-electron chi connectivity index (χ2n) is 7.85. The molecule has 0 spiro atoms. The smallest absolute Gasteiger partial charge is 0.254 e. The minimum absolute atomic E-state index is 0.00111. The molecule has 2 heterocycles. The molecule has 8 heteroatoms. The number of carbonyl (C=O) groups excluding carboxylic acids is 3. The number of benzene rings is 2. The number of anilines is 1. The number of nitrogens with one attached hydrogen (secondary N) is 2.